The Hall–Kier alpha value is -2.20. The molecule has 4 nitrogen and oxygen atoms in total. The van der Waals surface area contributed by atoms with Gasteiger partial charge >= 0.3 is 0 Å². The summed E-state index contributed by atoms with van der Waals surface area (Å²) >= 11 is 0. The van der Waals surface area contributed by atoms with E-state index < -0.39 is 0 Å². The first-order valence-electron chi connectivity index (χ1n) is 7.09. The van der Waals surface area contributed by atoms with Gasteiger partial charge in [-0.05, 0) is 49.7 Å². The summed E-state index contributed by atoms with van der Waals surface area (Å²) in [7, 11) is 0. The van der Waals surface area contributed by atoms with Crippen molar-refractivity contribution >= 4 is 0 Å². The Morgan fingerprint density at radius 3 is 2.38 bits per heavy atom. The van der Waals surface area contributed by atoms with E-state index in [0.29, 0.717) is 6.61 Å². The molecular weight excluding hydrogens is 266 g/mol. The van der Waals surface area contributed by atoms with E-state index in [9.17, 15) is 10.2 Å². The van der Waals surface area contributed by atoms with Crippen LogP contribution in [0, 0.1) is 0 Å². The van der Waals surface area contributed by atoms with Crippen LogP contribution in [0.3, 0.4) is 0 Å². The maximum atomic E-state index is 9.47. The fourth-order valence-electron chi connectivity index (χ4n) is 2.08. The minimum Gasteiger partial charge on any atom is -0.508 e. The molecule has 21 heavy (non-hydrogen) atoms. The van der Waals surface area contributed by atoms with Crippen molar-refractivity contribution < 1.29 is 14.9 Å². The SMILES string of the molecule is CC(NCCCOc1ccccc1)c1cc(O)cc(O)c1. The fourth-order valence-corrected chi connectivity index (χ4v) is 2.08. The third kappa shape index (κ3) is 5.00. The molecule has 0 aliphatic heterocycles. The number of phenolic OH excluding ortho intramolecular Hbond substituents is 2. The zero-order valence-electron chi connectivity index (χ0n) is 12.1. The number of benzene rings is 2. The Labute approximate surface area is 125 Å². The number of aromatic hydroxyl groups is 2. The van der Waals surface area contributed by atoms with Crippen molar-refractivity contribution in [1.82, 2.24) is 5.32 Å². The number of phenols is 2. The lowest BCUT2D eigenvalue weighted by Crippen LogP contribution is -2.21. The summed E-state index contributed by atoms with van der Waals surface area (Å²) in [6, 6.07) is 14.4. The summed E-state index contributed by atoms with van der Waals surface area (Å²) in [6.45, 7) is 3.44. The molecule has 0 aliphatic carbocycles. The van der Waals surface area contributed by atoms with E-state index in [-0.39, 0.29) is 17.5 Å². The molecule has 1 unspecified atom stereocenters. The summed E-state index contributed by atoms with van der Waals surface area (Å²) in [5.74, 6) is 1.03. The molecule has 3 N–H and O–H groups in total. The number of nitrogens with one attached hydrogen (secondary N) is 1. The molecule has 1 atom stereocenters. The van der Waals surface area contributed by atoms with Gasteiger partial charge in [-0.2, -0.15) is 0 Å². The van der Waals surface area contributed by atoms with Gasteiger partial charge in [-0.15, -0.1) is 0 Å². The first-order chi connectivity index (χ1) is 10.1. The van der Waals surface area contributed by atoms with Gasteiger partial charge in [-0.3, -0.25) is 0 Å². The highest BCUT2D eigenvalue weighted by atomic mass is 16.5. The largest absolute Gasteiger partial charge is 0.508 e. The molecule has 0 aromatic heterocycles. The zero-order chi connectivity index (χ0) is 15.1. The highest BCUT2D eigenvalue weighted by molar-refractivity contribution is 5.37. The number of ether oxygens (including phenoxy) is 1. The van der Waals surface area contributed by atoms with E-state index in [2.05, 4.69) is 5.32 Å². The lowest BCUT2D eigenvalue weighted by atomic mass is 10.1. The molecule has 0 aliphatic rings. The van der Waals surface area contributed by atoms with Gasteiger partial charge in [0.25, 0.3) is 0 Å². The Morgan fingerprint density at radius 1 is 1.05 bits per heavy atom. The Morgan fingerprint density at radius 2 is 1.71 bits per heavy atom. The van der Waals surface area contributed by atoms with E-state index >= 15 is 0 Å². The Balaban J connectivity index is 1.70. The monoisotopic (exact) mass is 287 g/mol. The highest BCUT2D eigenvalue weighted by Gasteiger charge is 2.07. The number of hydrogen-bond donors (Lipinski definition) is 3. The Kier molecular flexibility index (Phi) is 5.46. The molecule has 2 aromatic rings. The maximum absolute atomic E-state index is 9.47. The highest BCUT2D eigenvalue weighted by Crippen LogP contribution is 2.24. The van der Waals surface area contributed by atoms with E-state index in [1.807, 2.05) is 37.3 Å². The third-order valence-corrected chi connectivity index (χ3v) is 3.21. The van der Waals surface area contributed by atoms with Crippen molar-refractivity contribution in [3.63, 3.8) is 0 Å². The number of rotatable bonds is 7. The van der Waals surface area contributed by atoms with Crippen molar-refractivity contribution in [2.45, 2.75) is 19.4 Å². The molecule has 4 heteroatoms. The second kappa shape index (κ2) is 7.55. The van der Waals surface area contributed by atoms with Gasteiger partial charge < -0.3 is 20.3 Å². The van der Waals surface area contributed by atoms with Crippen LogP contribution >= 0.6 is 0 Å². The summed E-state index contributed by atoms with van der Waals surface area (Å²) in [6.07, 6.45) is 0.879. The van der Waals surface area contributed by atoms with Gasteiger partial charge in [0.1, 0.15) is 17.2 Å². The predicted molar refractivity (Wildman–Crippen MR) is 82.7 cm³/mol. The third-order valence-electron chi connectivity index (χ3n) is 3.21. The Bertz CT molecular complexity index is 537. The average molecular weight is 287 g/mol. The van der Waals surface area contributed by atoms with E-state index in [0.717, 1.165) is 24.3 Å². The molecule has 112 valence electrons. The molecule has 0 spiro atoms. The quantitative estimate of drug-likeness (QED) is 0.684. The molecule has 0 fully saturated rings. The predicted octanol–water partition coefficient (Wildman–Crippen LogP) is 3.22. The van der Waals surface area contributed by atoms with Crippen LogP contribution in [0.5, 0.6) is 17.2 Å². The topological polar surface area (TPSA) is 61.7 Å². The van der Waals surface area contributed by atoms with Crippen molar-refractivity contribution in [3.05, 3.63) is 54.1 Å². The van der Waals surface area contributed by atoms with Gasteiger partial charge in [0.05, 0.1) is 6.61 Å². The summed E-state index contributed by atoms with van der Waals surface area (Å²) in [5.41, 5.74) is 0.858. The second-order valence-corrected chi connectivity index (χ2v) is 4.97. The fraction of sp³-hybridized carbons (Fsp3) is 0.294. The lowest BCUT2D eigenvalue weighted by Gasteiger charge is -2.15. The van der Waals surface area contributed by atoms with Crippen LogP contribution in [0.25, 0.3) is 0 Å². The van der Waals surface area contributed by atoms with E-state index in [4.69, 9.17) is 4.74 Å². The lowest BCUT2D eigenvalue weighted by molar-refractivity contribution is 0.305. The molecule has 0 bridgehead atoms. The average Bonchev–Trinajstić information content (AvgIpc) is 2.47. The molecule has 2 aromatic carbocycles. The standard InChI is InChI=1S/C17H21NO3/c1-13(14-10-15(19)12-16(20)11-14)18-8-5-9-21-17-6-3-2-4-7-17/h2-4,6-7,10-13,18-20H,5,8-9H2,1H3. The molecule has 0 saturated carbocycles. The number of para-hydroxylation sites is 1. The van der Waals surface area contributed by atoms with Gasteiger partial charge in [-0.1, -0.05) is 18.2 Å². The van der Waals surface area contributed by atoms with Gasteiger partial charge in [-0.25, -0.2) is 0 Å². The molecule has 0 saturated heterocycles. The van der Waals surface area contributed by atoms with E-state index in [1.54, 1.807) is 12.1 Å². The van der Waals surface area contributed by atoms with Crippen LogP contribution in [0.4, 0.5) is 0 Å². The van der Waals surface area contributed by atoms with E-state index in [1.165, 1.54) is 6.07 Å². The van der Waals surface area contributed by atoms with Crippen molar-refractivity contribution in [1.29, 1.82) is 0 Å². The van der Waals surface area contributed by atoms with Crippen LogP contribution in [-0.4, -0.2) is 23.4 Å². The first-order valence-corrected chi connectivity index (χ1v) is 7.09. The zero-order valence-corrected chi connectivity index (χ0v) is 12.1. The van der Waals surface area contributed by atoms with Gasteiger partial charge in [0.2, 0.25) is 0 Å². The summed E-state index contributed by atoms with van der Waals surface area (Å²) < 4.78 is 5.61. The minimum absolute atomic E-state index is 0.0553. The van der Waals surface area contributed by atoms with Gasteiger partial charge in [0.15, 0.2) is 0 Å². The molecule has 0 heterocycles. The molecular formula is C17H21NO3. The minimum atomic E-state index is 0.0553. The van der Waals surface area contributed by atoms with Crippen molar-refractivity contribution in [2.75, 3.05) is 13.2 Å². The van der Waals surface area contributed by atoms with Crippen LogP contribution in [0.1, 0.15) is 24.9 Å². The maximum Gasteiger partial charge on any atom is 0.119 e. The second-order valence-electron chi connectivity index (χ2n) is 4.97. The van der Waals surface area contributed by atoms with Crippen LogP contribution in [0.2, 0.25) is 0 Å². The molecule has 0 radical (unpaired) electrons. The first kappa shape index (κ1) is 15.2. The molecule has 2 rings (SSSR count). The summed E-state index contributed by atoms with van der Waals surface area (Å²) in [4.78, 5) is 0. The smallest absolute Gasteiger partial charge is 0.119 e. The van der Waals surface area contributed by atoms with Crippen LogP contribution in [0.15, 0.2) is 48.5 Å². The van der Waals surface area contributed by atoms with Crippen molar-refractivity contribution in [2.24, 2.45) is 0 Å². The summed E-state index contributed by atoms with van der Waals surface area (Å²) in [5, 5.41) is 22.3. The van der Waals surface area contributed by atoms with Crippen molar-refractivity contribution in [3.8, 4) is 17.2 Å². The van der Waals surface area contributed by atoms with Crippen LogP contribution < -0.4 is 10.1 Å². The number of hydrogen-bond acceptors (Lipinski definition) is 4. The molecule has 0 amide bonds. The van der Waals surface area contributed by atoms with Crippen LogP contribution in [-0.2, 0) is 0 Å². The van der Waals surface area contributed by atoms with Gasteiger partial charge in [0, 0.05) is 12.1 Å². The normalized spacial score (nSPS) is 12.0.